The molecule has 0 heterocycles. The van der Waals surface area contributed by atoms with Crippen LogP contribution in [-0.4, -0.2) is 49.5 Å². The molecule has 3 nitrogen and oxygen atoms in total. The second kappa shape index (κ2) is 8.04. The number of rotatable bonds is 7. The van der Waals surface area contributed by atoms with Crippen LogP contribution in [0.15, 0.2) is 0 Å². The summed E-state index contributed by atoms with van der Waals surface area (Å²) in [6.07, 6.45) is 6.21. The second-order valence-electron chi connectivity index (χ2n) is 4.92. The summed E-state index contributed by atoms with van der Waals surface area (Å²) in [4.78, 5) is 2.18. The predicted octanol–water partition coefficient (Wildman–Crippen LogP) is 1.90. The number of ether oxygens (including phenoxy) is 1. The van der Waals surface area contributed by atoms with Crippen LogP contribution < -0.4 is 0 Å². The van der Waals surface area contributed by atoms with E-state index in [1.807, 2.05) is 6.92 Å². The van der Waals surface area contributed by atoms with E-state index in [9.17, 15) is 5.11 Å². The van der Waals surface area contributed by atoms with Gasteiger partial charge in [-0.1, -0.05) is 19.3 Å². The third-order valence-electron chi connectivity index (χ3n) is 3.51. The van der Waals surface area contributed by atoms with E-state index in [4.69, 9.17) is 4.74 Å². The first kappa shape index (κ1) is 13.9. The smallest absolute Gasteiger partial charge is 0.0695 e. The molecule has 1 unspecified atom stereocenters. The third kappa shape index (κ3) is 5.28. The largest absolute Gasteiger partial charge is 0.392 e. The predicted molar refractivity (Wildman–Crippen MR) is 66.6 cm³/mol. The van der Waals surface area contributed by atoms with E-state index in [-0.39, 0.29) is 6.10 Å². The van der Waals surface area contributed by atoms with Gasteiger partial charge in [0.15, 0.2) is 0 Å². The van der Waals surface area contributed by atoms with Gasteiger partial charge >= 0.3 is 0 Å². The molecule has 0 aromatic carbocycles. The Hall–Kier alpha value is -0.120. The summed E-state index contributed by atoms with van der Waals surface area (Å²) < 4.78 is 5.31. The summed E-state index contributed by atoms with van der Waals surface area (Å²) in [5, 5.41) is 10.1. The highest BCUT2D eigenvalue weighted by Gasteiger charge is 2.22. The van der Waals surface area contributed by atoms with Crippen LogP contribution in [0.4, 0.5) is 0 Å². The van der Waals surface area contributed by atoms with Crippen LogP contribution in [0.25, 0.3) is 0 Å². The quantitative estimate of drug-likeness (QED) is 0.677. The zero-order chi connectivity index (χ0) is 11.8. The maximum absolute atomic E-state index is 10.1. The molecule has 0 radical (unpaired) electrons. The Labute approximate surface area is 99.8 Å². The minimum atomic E-state index is -0.146. The summed E-state index contributed by atoms with van der Waals surface area (Å²) in [7, 11) is 2.06. The molecular formula is C13H27NO2. The molecule has 0 bridgehead atoms. The molecule has 1 aliphatic rings. The zero-order valence-corrected chi connectivity index (χ0v) is 10.8. The van der Waals surface area contributed by atoms with Crippen LogP contribution in [-0.2, 0) is 4.74 Å². The molecule has 1 rings (SSSR count). The average Bonchev–Trinajstić information content (AvgIpc) is 2.30. The Kier molecular flexibility index (Phi) is 7.01. The molecular weight excluding hydrogens is 202 g/mol. The summed E-state index contributed by atoms with van der Waals surface area (Å²) in [6, 6.07) is 0. The first-order valence-electron chi connectivity index (χ1n) is 6.68. The minimum Gasteiger partial charge on any atom is -0.392 e. The van der Waals surface area contributed by atoms with Gasteiger partial charge in [0, 0.05) is 19.7 Å². The lowest BCUT2D eigenvalue weighted by Gasteiger charge is -2.29. The van der Waals surface area contributed by atoms with E-state index in [0.29, 0.717) is 5.92 Å². The van der Waals surface area contributed by atoms with Gasteiger partial charge in [0.05, 0.1) is 12.7 Å². The fourth-order valence-corrected chi connectivity index (χ4v) is 2.44. The van der Waals surface area contributed by atoms with E-state index in [0.717, 1.165) is 26.3 Å². The van der Waals surface area contributed by atoms with Gasteiger partial charge in [-0.15, -0.1) is 0 Å². The van der Waals surface area contributed by atoms with Crippen LogP contribution in [0.3, 0.4) is 0 Å². The number of likely N-dealkylation sites (N-methyl/N-ethyl adjacent to an activating group) is 1. The Bertz CT molecular complexity index is 169. The zero-order valence-electron chi connectivity index (χ0n) is 10.8. The Morgan fingerprint density at radius 1 is 1.31 bits per heavy atom. The van der Waals surface area contributed by atoms with Gasteiger partial charge in [-0.3, -0.25) is 0 Å². The lowest BCUT2D eigenvalue weighted by molar-refractivity contribution is 0.0440. The van der Waals surface area contributed by atoms with Crippen LogP contribution in [0, 0.1) is 5.92 Å². The van der Waals surface area contributed by atoms with Gasteiger partial charge < -0.3 is 14.7 Å². The summed E-state index contributed by atoms with van der Waals surface area (Å²) in [5.41, 5.74) is 0. The van der Waals surface area contributed by atoms with Gasteiger partial charge in [0.2, 0.25) is 0 Å². The maximum atomic E-state index is 10.1. The maximum Gasteiger partial charge on any atom is 0.0695 e. The highest BCUT2D eigenvalue weighted by atomic mass is 16.5. The topological polar surface area (TPSA) is 32.7 Å². The van der Waals surface area contributed by atoms with Crippen molar-refractivity contribution in [1.82, 2.24) is 4.90 Å². The van der Waals surface area contributed by atoms with Crippen molar-refractivity contribution < 1.29 is 9.84 Å². The van der Waals surface area contributed by atoms with Crippen molar-refractivity contribution in [2.45, 2.75) is 45.1 Å². The highest BCUT2D eigenvalue weighted by Crippen LogP contribution is 2.26. The molecule has 0 aromatic rings. The Balaban J connectivity index is 2.13. The molecule has 1 saturated carbocycles. The molecule has 3 heteroatoms. The summed E-state index contributed by atoms with van der Waals surface area (Å²) >= 11 is 0. The summed E-state index contributed by atoms with van der Waals surface area (Å²) in [6.45, 7) is 5.26. The molecule has 0 aliphatic heterocycles. The van der Waals surface area contributed by atoms with Crippen LogP contribution in [0.2, 0.25) is 0 Å². The van der Waals surface area contributed by atoms with Crippen molar-refractivity contribution in [3.63, 3.8) is 0 Å². The van der Waals surface area contributed by atoms with Crippen LogP contribution in [0.1, 0.15) is 39.0 Å². The van der Waals surface area contributed by atoms with Crippen molar-refractivity contribution in [3.8, 4) is 0 Å². The molecule has 1 N–H and O–H groups in total. The number of aliphatic hydroxyl groups is 1. The number of nitrogens with zero attached hydrogens (tertiary/aromatic N) is 1. The Morgan fingerprint density at radius 2 is 2.00 bits per heavy atom. The van der Waals surface area contributed by atoms with Gasteiger partial charge in [-0.2, -0.15) is 0 Å². The van der Waals surface area contributed by atoms with Crippen molar-refractivity contribution in [2.24, 2.45) is 5.92 Å². The SMILES string of the molecule is CCOCCN(C)CC(O)C1CCCCC1. The van der Waals surface area contributed by atoms with Crippen molar-refractivity contribution in [3.05, 3.63) is 0 Å². The minimum absolute atomic E-state index is 0.146. The molecule has 0 spiro atoms. The molecule has 0 amide bonds. The molecule has 1 atom stereocenters. The lowest BCUT2D eigenvalue weighted by atomic mass is 9.85. The fourth-order valence-electron chi connectivity index (χ4n) is 2.44. The van der Waals surface area contributed by atoms with Gasteiger partial charge in [0.25, 0.3) is 0 Å². The second-order valence-corrected chi connectivity index (χ2v) is 4.92. The first-order valence-corrected chi connectivity index (χ1v) is 6.68. The van der Waals surface area contributed by atoms with E-state index in [1.165, 1.54) is 32.1 Å². The standard InChI is InChI=1S/C13H27NO2/c1-3-16-10-9-14(2)11-13(15)12-7-5-4-6-8-12/h12-13,15H,3-11H2,1-2H3. The van der Waals surface area contributed by atoms with E-state index >= 15 is 0 Å². The van der Waals surface area contributed by atoms with Crippen molar-refractivity contribution in [1.29, 1.82) is 0 Å². The lowest BCUT2D eigenvalue weighted by Crippen LogP contribution is -2.36. The molecule has 1 aliphatic carbocycles. The van der Waals surface area contributed by atoms with E-state index in [2.05, 4.69) is 11.9 Å². The fraction of sp³-hybridized carbons (Fsp3) is 1.00. The van der Waals surface area contributed by atoms with Crippen molar-refractivity contribution >= 4 is 0 Å². The first-order chi connectivity index (χ1) is 7.74. The monoisotopic (exact) mass is 229 g/mol. The highest BCUT2D eigenvalue weighted by molar-refractivity contribution is 4.75. The number of hydrogen-bond acceptors (Lipinski definition) is 3. The molecule has 16 heavy (non-hydrogen) atoms. The van der Waals surface area contributed by atoms with E-state index in [1.54, 1.807) is 0 Å². The van der Waals surface area contributed by atoms with Crippen LogP contribution in [0.5, 0.6) is 0 Å². The average molecular weight is 229 g/mol. The van der Waals surface area contributed by atoms with Crippen LogP contribution >= 0.6 is 0 Å². The van der Waals surface area contributed by atoms with Gasteiger partial charge in [-0.05, 0) is 32.7 Å². The number of hydrogen-bond donors (Lipinski definition) is 1. The molecule has 96 valence electrons. The number of aliphatic hydroxyl groups excluding tert-OH is 1. The molecule has 0 saturated heterocycles. The summed E-state index contributed by atoms with van der Waals surface area (Å²) in [5.74, 6) is 0.531. The Morgan fingerprint density at radius 3 is 2.62 bits per heavy atom. The molecule has 1 fully saturated rings. The van der Waals surface area contributed by atoms with E-state index < -0.39 is 0 Å². The van der Waals surface area contributed by atoms with Crippen molar-refractivity contribution in [2.75, 3.05) is 33.4 Å². The third-order valence-corrected chi connectivity index (χ3v) is 3.51. The van der Waals surface area contributed by atoms with Gasteiger partial charge in [0.1, 0.15) is 0 Å². The van der Waals surface area contributed by atoms with Gasteiger partial charge in [-0.25, -0.2) is 0 Å². The molecule has 0 aromatic heterocycles. The normalized spacial score (nSPS) is 20.2.